The van der Waals surface area contributed by atoms with Crippen LogP contribution in [0.15, 0.2) is 53.4 Å². The van der Waals surface area contributed by atoms with Gasteiger partial charge < -0.3 is 16.4 Å². The second-order valence-electron chi connectivity index (χ2n) is 5.95. The average molecular weight is 385 g/mol. The van der Waals surface area contributed by atoms with E-state index >= 15 is 0 Å². The molecule has 27 heavy (non-hydrogen) atoms. The van der Waals surface area contributed by atoms with Crippen molar-refractivity contribution in [2.24, 2.45) is 5.73 Å². The Morgan fingerprint density at radius 2 is 1.44 bits per heavy atom. The predicted molar refractivity (Wildman–Crippen MR) is 109 cm³/mol. The number of amides is 3. The molecule has 0 fully saturated rings. The lowest BCUT2D eigenvalue weighted by Gasteiger charge is -2.07. The molecule has 6 nitrogen and oxygen atoms in total. The van der Waals surface area contributed by atoms with Crippen LogP contribution < -0.4 is 16.4 Å². The third-order valence-corrected chi connectivity index (χ3v) is 4.73. The zero-order valence-electron chi connectivity index (χ0n) is 15.2. The molecule has 0 aliphatic carbocycles. The first-order chi connectivity index (χ1) is 13.0. The summed E-state index contributed by atoms with van der Waals surface area (Å²) in [7, 11) is 0. The Hall–Kier alpha value is -2.80. The molecule has 0 spiro atoms. The third kappa shape index (κ3) is 7.15. The van der Waals surface area contributed by atoms with Gasteiger partial charge in [0, 0.05) is 28.3 Å². The van der Waals surface area contributed by atoms with Gasteiger partial charge in [0.25, 0.3) is 0 Å². The quantitative estimate of drug-likeness (QED) is 0.574. The van der Waals surface area contributed by atoms with Crippen LogP contribution in [0, 0.1) is 0 Å². The summed E-state index contributed by atoms with van der Waals surface area (Å²) in [5.74, 6) is -0.393. The van der Waals surface area contributed by atoms with Crippen LogP contribution in [0.3, 0.4) is 0 Å². The number of primary amides is 1. The Kier molecular flexibility index (Phi) is 7.88. The van der Waals surface area contributed by atoms with Crippen LogP contribution in [0.2, 0.25) is 0 Å². The van der Waals surface area contributed by atoms with Crippen molar-refractivity contribution < 1.29 is 14.4 Å². The van der Waals surface area contributed by atoms with Crippen LogP contribution in [0.4, 0.5) is 11.4 Å². The standard InChI is InChI=1S/C20H23N3O3S/c1-2-3-4-18(24)22-16-9-11-17(12-10-16)27-13-19(25)23-15-7-5-14(6-8-15)20(21)26/h5-12H,2-4,13H2,1H3,(H2,21,26)(H,22,24)(H,23,25). The van der Waals surface area contributed by atoms with E-state index in [2.05, 4.69) is 10.6 Å². The van der Waals surface area contributed by atoms with Crippen molar-refractivity contribution in [3.05, 3.63) is 54.1 Å². The van der Waals surface area contributed by atoms with Crippen LogP contribution >= 0.6 is 11.8 Å². The normalized spacial score (nSPS) is 10.3. The molecule has 0 aliphatic rings. The highest BCUT2D eigenvalue weighted by Crippen LogP contribution is 2.21. The van der Waals surface area contributed by atoms with Crippen molar-refractivity contribution in [2.45, 2.75) is 31.1 Å². The van der Waals surface area contributed by atoms with Crippen molar-refractivity contribution in [3.63, 3.8) is 0 Å². The highest BCUT2D eigenvalue weighted by molar-refractivity contribution is 8.00. The number of hydrogen-bond acceptors (Lipinski definition) is 4. The summed E-state index contributed by atoms with van der Waals surface area (Å²) in [5.41, 5.74) is 6.93. The van der Waals surface area contributed by atoms with Gasteiger partial charge in [-0.1, -0.05) is 13.3 Å². The molecule has 0 saturated carbocycles. The van der Waals surface area contributed by atoms with Crippen LogP contribution in [0.5, 0.6) is 0 Å². The molecule has 0 aliphatic heterocycles. The summed E-state index contributed by atoms with van der Waals surface area (Å²) in [6.07, 6.45) is 2.38. The van der Waals surface area contributed by atoms with Gasteiger partial charge in [-0.2, -0.15) is 0 Å². The summed E-state index contributed by atoms with van der Waals surface area (Å²) in [6, 6.07) is 13.8. The van der Waals surface area contributed by atoms with Crippen LogP contribution in [0.25, 0.3) is 0 Å². The number of nitrogens with two attached hydrogens (primary N) is 1. The summed E-state index contributed by atoms with van der Waals surface area (Å²) in [5, 5.41) is 5.62. The molecule has 4 N–H and O–H groups in total. The molecular weight excluding hydrogens is 362 g/mol. The van der Waals surface area contributed by atoms with E-state index in [1.807, 2.05) is 31.2 Å². The van der Waals surface area contributed by atoms with E-state index in [0.29, 0.717) is 17.7 Å². The van der Waals surface area contributed by atoms with E-state index in [1.165, 1.54) is 11.8 Å². The van der Waals surface area contributed by atoms with Crippen molar-refractivity contribution in [1.82, 2.24) is 0 Å². The van der Waals surface area contributed by atoms with Crippen molar-refractivity contribution >= 4 is 40.9 Å². The summed E-state index contributed by atoms with van der Waals surface area (Å²) >= 11 is 1.40. The summed E-state index contributed by atoms with van der Waals surface area (Å²) in [4.78, 5) is 35.7. The highest BCUT2D eigenvalue weighted by Gasteiger charge is 2.06. The number of benzene rings is 2. The van der Waals surface area contributed by atoms with Crippen LogP contribution in [0.1, 0.15) is 36.5 Å². The number of rotatable bonds is 9. The van der Waals surface area contributed by atoms with Gasteiger partial charge in [0.2, 0.25) is 17.7 Å². The Morgan fingerprint density at radius 1 is 0.889 bits per heavy atom. The smallest absolute Gasteiger partial charge is 0.248 e. The SMILES string of the molecule is CCCCC(=O)Nc1ccc(SCC(=O)Nc2ccc(C(N)=O)cc2)cc1. The molecule has 2 aromatic rings. The van der Waals surface area contributed by atoms with Gasteiger partial charge >= 0.3 is 0 Å². The molecule has 0 unspecified atom stereocenters. The Bertz CT molecular complexity index is 789. The molecular formula is C20H23N3O3S. The first kappa shape index (κ1) is 20.5. The highest BCUT2D eigenvalue weighted by atomic mass is 32.2. The van der Waals surface area contributed by atoms with Gasteiger partial charge in [-0.05, 0) is 55.0 Å². The van der Waals surface area contributed by atoms with Gasteiger partial charge in [0.1, 0.15) is 0 Å². The molecule has 0 aromatic heterocycles. The molecule has 0 saturated heterocycles. The summed E-state index contributed by atoms with van der Waals surface area (Å²) < 4.78 is 0. The molecule has 0 heterocycles. The van der Waals surface area contributed by atoms with Gasteiger partial charge in [-0.15, -0.1) is 11.8 Å². The maximum absolute atomic E-state index is 12.0. The number of thioether (sulfide) groups is 1. The minimum Gasteiger partial charge on any atom is -0.366 e. The lowest BCUT2D eigenvalue weighted by atomic mass is 10.2. The number of carbonyl (C=O) groups excluding carboxylic acids is 3. The lowest BCUT2D eigenvalue weighted by molar-refractivity contribution is -0.116. The largest absolute Gasteiger partial charge is 0.366 e. The monoisotopic (exact) mass is 385 g/mol. The summed E-state index contributed by atoms with van der Waals surface area (Å²) in [6.45, 7) is 2.05. The number of nitrogens with one attached hydrogen (secondary N) is 2. The van der Waals surface area contributed by atoms with E-state index < -0.39 is 5.91 Å². The third-order valence-electron chi connectivity index (χ3n) is 3.72. The Balaban J connectivity index is 1.79. The maximum atomic E-state index is 12.0. The van der Waals surface area contributed by atoms with Crippen molar-refractivity contribution in [2.75, 3.05) is 16.4 Å². The van der Waals surface area contributed by atoms with Gasteiger partial charge in [-0.25, -0.2) is 0 Å². The van der Waals surface area contributed by atoms with Crippen LogP contribution in [-0.4, -0.2) is 23.5 Å². The fourth-order valence-corrected chi connectivity index (χ4v) is 2.96. The van der Waals surface area contributed by atoms with E-state index in [-0.39, 0.29) is 17.6 Å². The topological polar surface area (TPSA) is 101 Å². The van der Waals surface area contributed by atoms with E-state index in [4.69, 9.17) is 5.73 Å². The minimum atomic E-state index is -0.506. The number of hydrogen-bond donors (Lipinski definition) is 3. The van der Waals surface area contributed by atoms with Gasteiger partial charge in [-0.3, -0.25) is 14.4 Å². The molecule has 142 valence electrons. The second-order valence-corrected chi connectivity index (χ2v) is 7.00. The molecule has 0 radical (unpaired) electrons. The number of anilines is 2. The minimum absolute atomic E-state index is 0.0129. The first-order valence-corrected chi connectivity index (χ1v) is 9.69. The second kappa shape index (κ2) is 10.4. The molecule has 2 aromatic carbocycles. The van der Waals surface area contributed by atoms with E-state index in [9.17, 15) is 14.4 Å². The van der Waals surface area contributed by atoms with E-state index in [0.717, 1.165) is 23.4 Å². The predicted octanol–water partition coefficient (Wildman–Crippen LogP) is 3.65. The van der Waals surface area contributed by atoms with E-state index in [1.54, 1.807) is 24.3 Å². The lowest BCUT2D eigenvalue weighted by Crippen LogP contribution is -2.15. The first-order valence-electron chi connectivity index (χ1n) is 8.70. The maximum Gasteiger partial charge on any atom is 0.248 e. The number of unbranched alkanes of at least 4 members (excludes halogenated alkanes) is 1. The molecule has 0 atom stereocenters. The number of carbonyl (C=O) groups is 3. The van der Waals surface area contributed by atoms with Gasteiger partial charge in [0.15, 0.2) is 0 Å². The molecule has 3 amide bonds. The van der Waals surface area contributed by atoms with Gasteiger partial charge in [0.05, 0.1) is 5.75 Å². The average Bonchev–Trinajstić information content (AvgIpc) is 2.66. The fourth-order valence-electron chi connectivity index (χ4n) is 2.26. The Morgan fingerprint density at radius 3 is 2.00 bits per heavy atom. The molecule has 0 bridgehead atoms. The molecule has 2 rings (SSSR count). The van der Waals surface area contributed by atoms with Crippen LogP contribution in [-0.2, 0) is 9.59 Å². The molecule has 7 heteroatoms. The fraction of sp³-hybridized carbons (Fsp3) is 0.250. The van der Waals surface area contributed by atoms with Crippen molar-refractivity contribution in [1.29, 1.82) is 0 Å². The zero-order chi connectivity index (χ0) is 19.6. The Labute approximate surface area is 162 Å². The zero-order valence-corrected chi connectivity index (χ0v) is 16.0. The van der Waals surface area contributed by atoms with Crippen molar-refractivity contribution in [3.8, 4) is 0 Å².